The second-order valence-electron chi connectivity index (χ2n) is 2.02. The van der Waals surface area contributed by atoms with Gasteiger partial charge in [-0.05, 0) is 0 Å². The Morgan fingerprint density at radius 1 is 1.69 bits per heavy atom. The van der Waals surface area contributed by atoms with E-state index in [1.165, 1.54) is 0 Å². The summed E-state index contributed by atoms with van der Waals surface area (Å²) in [6.45, 7) is 2.06. The second-order valence-corrected chi connectivity index (χ2v) is 2.80. The molecular weight excluding hydrogens is 201 g/mol. The first kappa shape index (κ1) is 12.2. The molecule has 0 aromatic rings. The van der Waals surface area contributed by atoms with Gasteiger partial charge in [-0.2, -0.15) is 0 Å². The van der Waals surface area contributed by atoms with Crippen LogP contribution in [0.5, 0.6) is 0 Å². The summed E-state index contributed by atoms with van der Waals surface area (Å²) in [5, 5.41) is 0. The molecule has 0 aliphatic carbocycles. The van der Waals surface area contributed by atoms with Gasteiger partial charge in [-0.15, -0.1) is 0 Å². The molecule has 1 unspecified atom stereocenters. The maximum atomic E-state index is 11.8. The Morgan fingerprint density at radius 2 is 2.31 bits per heavy atom. The highest BCUT2D eigenvalue weighted by Gasteiger charge is 2.06. The van der Waals surface area contributed by atoms with E-state index < -0.39 is 23.9 Å². The van der Waals surface area contributed by atoms with Crippen molar-refractivity contribution in [2.75, 3.05) is 19.8 Å². The van der Waals surface area contributed by atoms with E-state index in [2.05, 4.69) is 16.0 Å². The van der Waals surface area contributed by atoms with Crippen molar-refractivity contribution in [3.05, 3.63) is 12.2 Å². The summed E-state index contributed by atoms with van der Waals surface area (Å²) in [6.07, 6.45) is 0. The largest absolute Gasteiger partial charge is 0.461 e. The van der Waals surface area contributed by atoms with Gasteiger partial charge in [-0.1, -0.05) is 6.58 Å². The van der Waals surface area contributed by atoms with Crippen molar-refractivity contribution >= 4 is 17.2 Å². The molecule has 0 saturated carbocycles. The number of hydrogen-bond donors (Lipinski definition) is 2. The number of rotatable bonds is 6. The molecule has 7 heteroatoms. The van der Waals surface area contributed by atoms with Crippen LogP contribution in [0.4, 0.5) is 4.39 Å². The van der Waals surface area contributed by atoms with Crippen molar-refractivity contribution in [3.8, 4) is 0 Å². The molecule has 5 nitrogen and oxygen atoms in total. The zero-order chi connectivity index (χ0) is 10.3. The summed E-state index contributed by atoms with van der Waals surface area (Å²) in [7, 11) is 0. The fourth-order valence-electron chi connectivity index (χ4n) is 0.429. The lowest BCUT2D eigenvalue weighted by atomic mass is 10.3. The van der Waals surface area contributed by atoms with Crippen LogP contribution in [0.2, 0.25) is 0 Å². The number of nitrogens with one attached hydrogen (secondary N) is 1. The van der Waals surface area contributed by atoms with Crippen LogP contribution in [0, 0.1) is 0 Å². The van der Waals surface area contributed by atoms with Gasteiger partial charge in [-0.25, -0.2) is 18.1 Å². The van der Waals surface area contributed by atoms with Crippen molar-refractivity contribution in [2.24, 2.45) is 0 Å². The number of hydrogen-bond acceptors (Lipinski definition) is 3. The van der Waals surface area contributed by atoms with E-state index >= 15 is 0 Å². The third-order valence-electron chi connectivity index (χ3n) is 1.01. The van der Waals surface area contributed by atoms with E-state index in [9.17, 15) is 13.4 Å². The Kier molecular flexibility index (Phi) is 6.29. The molecule has 13 heavy (non-hydrogen) atoms. The normalized spacial score (nSPS) is 12.2. The van der Waals surface area contributed by atoms with Crippen LogP contribution in [0.25, 0.3) is 0 Å². The molecule has 0 heterocycles. The maximum Gasteiger partial charge on any atom is 0.336 e. The van der Waals surface area contributed by atoms with Gasteiger partial charge in [0.05, 0.1) is 5.57 Å². The standard InChI is InChI=1S/C6H10FNO4S/c1-5(4-7)6(9)12-3-2-8-13(10)11/h8H,1-4H2,(H,10,11). The lowest BCUT2D eigenvalue weighted by Gasteiger charge is -2.03. The summed E-state index contributed by atoms with van der Waals surface area (Å²) < 4.78 is 36.5. The zero-order valence-electron chi connectivity index (χ0n) is 6.79. The summed E-state index contributed by atoms with van der Waals surface area (Å²) in [5.74, 6) is -0.840. The minimum absolute atomic E-state index is 0.0222. The van der Waals surface area contributed by atoms with Gasteiger partial charge in [-0.3, -0.25) is 4.55 Å². The number of carbonyl (C=O) groups is 1. The average Bonchev–Trinajstić information content (AvgIpc) is 2.10. The number of ether oxygens (including phenoxy) is 1. The summed E-state index contributed by atoms with van der Waals surface area (Å²) >= 11 is -2.13. The first-order chi connectivity index (χ1) is 6.07. The summed E-state index contributed by atoms with van der Waals surface area (Å²) in [4.78, 5) is 10.7. The molecular formula is C6H10FNO4S. The molecule has 0 aromatic carbocycles. The predicted molar refractivity (Wildman–Crippen MR) is 44.8 cm³/mol. The highest BCUT2D eigenvalue weighted by atomic mass is 32.2. The molecule has 76 valence electrons. The SMILES string of the molecule is C=C(CF)C(=O)OCCNS(=O)O. The molecule has 0 fully saturated rings. The van der Waals surface area contributed by atoms with E-state index in [4.69, 9.17) is 4.55 Å². The quantitative estimate of drug-likeness (QED) is 0.276. The molecule has 0 aromatic heterocycles. The lowest BCUT2D eigenvalue weighted by molar-refractivity contribution is -0.139. The van der Waals surface area contributed by atoms with Gasteiger partial charge < -0.3 is 4.74 Å². The van der Waals surface area contributed by atoms with Crippen LogP contribution >= 0.6 is 0 Å². The Labute approximate surface area is 77.4 Å². The van der Waals surface area contributed by atoms with E-state index in [1.54, 1.807) is 0 Å². The highest BCUT2D eigenvalue weighted by Crippen LogP contribution is 1.94. The zero-order valence-corrected chi connectivity index (χ0v) is 7.60. The minimum atomic E-state index is -2.13. The predicted octanol–water partition coefficient (Wildman–Crippen LogP) is -0.218. The molecule has 0 rings (SSSR count). The first-order valence-electron chi connectivity index (χ1n) is 3.33. The van der Waals surface area contributed by atoms with Gasteiger partial charge in [0, 0.05) is 6.54 Å². The third kappa shape index (κ3) is 6.38. The van der Waals surface area contributed by atoms with Crippen molar-refractivity contribution in [3.63, 3.8) is 0 Å². The number of halogens is 1. The Bertz CT molecular complexity index is 221. The van der Waals surface area contributed by atoms with Gasteiger partial charge in [0.25, 0.3) is 0 Å². The first-order valence-corrected chi connectivity index (χ1v) is 4.43. The van der Waals surface area contributed by atoms with Crippen LogP contribution in [0.1, 0.15) is 0 Å². The summed E-state index contributed by atoms with van der Waals surface area (Å²) in [6, 6.07) is 0. The van der Waals surface area contributed by atoms with Crippen LogP contribution in [0.15, 0.2) is 12.2 Å². The van der Waals surface area contributed by atoms with Crippen molar-refractivity contribution < 1.29 is 22.7 Å². The average molecular weight is 211 g/mol. The fraction of sp³-hybridized carbons (Fsp3) is 0.500. The molecule has 0 bridgehead atoms. The Hall–Kier alpha value is -0.790. The molecule has 0 aliphatic rings. The topological polar surface area (TPSA) is 75.6 Å². The summed E-state index contributed by atoms with van der Waals surface area (Å²) in [5.41, 5.74) is -0.273. The van der Waals surface area contributed by atoms with Crippen molar-refractivity contribution in [1.82, 2.24) is 4.72 Å². The van der Waals surface area contributed by atoms with Crippen LogP contribution in [-0.2, 0) is 20.8 Å². The molecule has 2 N–H and O–H groups in total. The molecule has 0 amide bonds. The van der Waals surface area contributed by atoms with E-state index in [-0.39, 0.29) is 18.7 Å². The minimum Gasteiger partial charge on any atom is -0.461 e. The molecule has 0 saturated heterocycles. The molecule has 0 aliphatic heterocycles. The van der Waals surface area contributed by atoms with Gasteiger partial charge in [0.2, 0.25) is 11.3 Å². The molecule has 1 atom stereocenters. The van der Waals surface area contributed by atoms with Gasteiger partial charge in [0.1, 0.15) is 13.3 Å². The van der Waals surface area contributed by atoms with Gasteiger partial charge >= 0.3 is 5.97 Å². The Morgan fingerprint density at radius 3 is 2.77 bits per heavy atom. The maximum absolute atomic E-state index is 11.8. The number of carbonyl (C=O) groups excluding carboxylic acids is 1. The van der Waals surface area contributed by atoms with E-state index in [1.807, 2.05) is 0 Å². The van der Waals surface area contributed by atoms with Crippen LogP contribution < -0.4 is 4.72 Å². The van der Waals surface area contributed by atoms with Crippen molar-refractivity contribution in [1.29, 1.82) is 0 Å². The highest BCUT2D eigenvalue weighted by molar-refractivity contribution is 7.77. The Balaban J connectivity index is 3.48. The van der Waals surface area contributed by atoms with E-state index in [0.29, 0.717) is 0 Å². The number of alkyl halides is 1. The molecule has 0 radical (unpaired) electrons. The number of esters is 1. The molecule has 0 spiro atoms. The van der Waals surface area contributed by atoms with Crippen LogP contribution in [-0.4, -0.2) is 34.6 Å². The lowest BCUT2D eigenvalue weighted by Crippen LogP contribution is -2.23. The van der Waals surface area contributed by atoms with Crippen molar-refractivity contribution in [2.45, 2.75) is 0 Å². The van der Waals surface area contributed by atoms with Gasteiger partial charge in [0.15, 0.2) is 0 Å². The van der Waals surface area contributed by atoms with E-state index in [0.717, 1.165) is 0 Å². The fourth-order valence-corrected chi connectivity index (χ4v) is 0.687. The smallest absolute Gasteiger partial charge is 0.336 e. The monoisotopic (exact) mass is 211 g/mol. The second kappa shape index (κ2) is 6.70. The third-order valence-corrected chi connectivity index (χ3v) is 1.46. The van der Waals surface area contributed by atoms with Crippen LogP contribution in [0.3, 0.4) is 0 Å².